The van der Waals surface area contributed by atoms with Gasteiger partial charge in [-0.2, -0.15) is 0 Å². The Morgan fingerprint density at radius 3 is 1.56 bits per heavy atom. The molecule has 5 aromatic carbocycles. The molecule has 0 radical (unpaired) electrons. The molecule has 1 saturated carbocycles. The fourth-order valence-corrected chi connectivity index (χ4v) is 14.4. The van der Waals surface area contributed by atoms with Crippen LogP contribution in [-0.4, -0.2) is 282 Å². The van der Waals surface area contributed by atoms with E-state index in [1.807, 2.05) is 24.3 Å². The van der Waals surface area contributed by atoms with E-state index >= 15 is 0 Å². The molecule has 3 saturated heterocycles. The van der Waals surface area contributed by atoms with Crippen molar-refractivity contribution in [2.45, 2.75) is 157 Å². The van der Waals surface area contributed by atoms with Crippen LogP contribution in [0, 0.1) is 5.41 Å². The summed E-state index contributed by atoms with van der Waals surface area (Å²) < 4.78 is 79.9. The summed E-state index contributed by atoms with van der Waals surface area (Å²) in [5.41, 5.74) is 7.27. The third-order valence-electron chi connectivity index (χ3n) is 20.7. The molecule has 12 rings (SSSR count). The predicted molar refractivity (Wildman–Crippen MR) is 391 cm³/mol. The number of carboxylic acids is 2. The maximum atomic E-state index is 14.8. The number of hydrogen-bond acceptors (Lipinski definition) is 30. The second-order valence-electron chi connectivity index (χ2n) is 28.4. The van der Waals surface area contributed by atoms with E-state index in [9.17, 15) is 84.6 Å². The quantitative estimate of drug-likeness (QED) is 0.0257. The Balaban J connectivity index is 0.705. The van der Waals surface area contributed by atoms with Crippen molar-refractivity contribution >= 4 is 58.9 Å². The topological polar surface area (TPSA) is 502 Å². The van der Waals surface area contributed by atoms with Crippen LogP contribution in [0.5, 0.6) is 34.5 Å². The SMILES string of the molecule is COc1cc2c(cc1OCCCCCOc1cc3c(cc1OC)C(=O)N1CC4(CC4)C[C@H]1[C@H](O)N3C(=O)OCc1ccc(O[C@@H]3O[C@H](C(=O)O)[C@@H](O)[C@H](O)[C@H]3O)c(NC(=O)CCOCCOCCOCCOCCN)c1)N(C(=O)OCc1ccc(O[C@@H]3O[C@H](C(=O)O)[C@@H](O)[C@H](O)[C@H]3O)cc1)[C@@H](O)[C@@H]1Cc3ccccc3CN1C2=O. The molecule has 7 aliphatic rings. The van der Waals surface area contributed by atoms with Crippen LogP contribution in [-0.2, 0) is 78.5 Å². The first kappa shape index (κ1) is 83.6. The molecular formula is C77H94N6O31. The van der Waals surface area contributed by atoms with Gasteiger partial charge in [-0.05, 0) is 109 Å². The number of aliphatic hydroxyl groups excluding tert-OH is 8. The van der Waals surface area contributed by atoms with Gasteiger partial charge in [0.2, 0.25) is 18.5 Å². The van der Waals surface area contributed by atoms with Gasteiger partial charge in [0.05, 0.1) is 127 Å². The van der Waals surface area contributed by atoms with Crippen molar-refractivity contribution in [2.24, 2.45) is 11.1 Å². The van der Waals surface area contributed by atoms with Gasteiger partial charge in [-0.25, -0.2) is 29.0 Å². The standard InChI is InChI=1S/C77H94N6O31/c1-101-54-32-46-49(82(69(93)51-31-43-8-4-5-9-44(43)37-80(51)67(46)91)75(99)109-38-41-10-13-45(14-11-41)111-73-63(89)59(85)61(87)65(113-73)71(95)96)34-56(54)107-20-6-3-7-21-108-57-35-50-47(33-55(57)102-2)68(92)81-40-77(17-18-77)36-52(81)70(94)83(50)76(100)110-39-42-12-15-53(112-74-64(90)60(86)62(88)66(114-74)72(97)98)48(30-42)79-58(84)16-22-103-24-26-105-28-29-106-27-25-104-23-19-78/h4-5,8-15,30,32-35,51-52,59-66,69-70,73-74,85-90,93-94H,3,6-7,16-29,31,36-40,78H2,1-2H3,(H,79,84)(H,95,96)(H,97,98)/t51-,52-,59-,60-,61-,62-,63+,64+,65-,66-,69-,70-,73+,74+/m0/s1. The zero-order chi connectivity index (χ0) is 81.1. The minimum absolute atomic E-state index is 0.000894. The van der Waals surface area contributed by atoms with Crippen molar-refractivity contribution in [2.75, 3.05) is 108 Å². The summed E-state index contributed by atoms with van der Waals surface area (Å²) in [6.45, 7) is 2.08. The number of ether oxygens (including phenoxy) is 14. The van der Waals surface area contributed by atoms with Gasteiger partial charge in [-0.15, -0.1) is 0 Å². The summed E-state index contributed by atoms with van der Waals surface area (Å²) in [5.74, 6) is -4.54. The van der Waals surface area contributed by atoms with E-state index in [1.54, 1.807) is 4.90 Å². The van der Waals surface area contributed by atoms with E-state index in [-0.39, 0.29) is 139 Å². The third kappa shape index (κ3) is 19.1. The molecule has 5 aromatic rings. The summed E-state index contributed by atoms with van der Waals surface area (Å²) in [5, 5.41) is 109. The maximum absolute atomic E-state index is 14.8. The Morgan fingerprint density at radius 1 is 0.526 bits per heavy atom. The number of nitrogens with zero attached hydrogens (tertiary/aromatic N) is 4. The second-order valence-corrected chi connectivity index (χ2v) is 28.4. The van der Waals surface area contributed by atoms with E-state index < -0.39 is 134 Å². The summed E-state index contributed by atoms with van der Waals surface area (Å²) in [4.78, 5) is 101. The first-order valence-electron chi connectivity index (χ1n) is 37.3. The molecule has 5 amide bonds. The molecule has 4 fully saturated rings. The number of fused-ring (bicyclic) bond motifs is 5. The van der Waals surface area contributed by atoms with Crippen LogP contribution >= 0.6 is 0 Å². The molecule has 37 heteroatoms. The van der Waals surface area contributed by atoms with Crippen molar-refractivity contribution in [3.05, 3.63) is 124 Å². The van der Waals surface area contributed by atoms with Gasteiger partial charge >= 0.3 is 24.1 Å². The highest BCUT2D eigenvalue weighted by atomic mass is 16.7. The van der Waals surface area contributed by atoms with Crippen molar-refractivity contribution in [3.8, 4) is 34.5 Å². The molecule has 6 heterocycles. The number of methoxy groups -OCH3 is 2. The molecule has 0 aromatic heterocycles. The zero-order valence-corrected chi connectivity index (χ0v) is 62.4. The molecule has 618 valence electrons. The van der Waals surface area contributed by atoms with Crippen LogP contribution in [0.2, 0.25) is 0 Å². The lowest BCUT2D eigenvalue weighted by Crippen LogP contribution is -2.61. The van der Waals surface area contributed by atoms with Crippen LogP contribution in [0.3, 0.4) is 0 Å². The largest absolute Gasteiger partial charge is 0.493 e. The summed E-state index contributed by atoms with van der Waals surface area (Å²) in [7, 11) is 2.76. The number of aliphatic hydroxyl groups is 8. The summed E-state index contributed by atoms with van der Waals surface area (Å²) >= 11 is 0. The lowest BCUT2D eigenvalue weighted by molar-refractivity contribution is -0.271. The van der Waals surface area contributed by atoms with E-state index in [1.165, 1.54) is 85.8 Å². The molecule has 0 bridgehead atoms. The molecular weight excluding hydrogens is 1500 g/mol. The minimum atomic E-state index is -2.03. The van der Waals surface area contributed by atoms with E-state index in [0.29, 0.717) is 70.8 Å². The molecule has 1 spiro atoms. The van der Waals surface area contributed by atoms with E-state index in [4.69, 9.17) is 72.0 Å². The number of carbonyl (C=O) groups excluding carboxylic acids is 5. The Bertz CT molecular complexity index is 4230. The molecule has 6 aliphatic heterocycles. The number of unbranched alkanes of at least 4 members (excludes halogenated alkanes) is 2. The van der Waals surface area contributed by atoms with Gasteiger partial charge in [0.15, 0.2) is 47.7 Å². The zero-order valence-electron chi connectivity index (χ0n) is 62.4. The number of hydrogen-bond donors (Lipinski definition) is 12. The van der Waals surface area contributed by atoms with Crippen molar-refractivity contribution in [3.63, 3.8) is 0 Å². The third-order valence-corrected chi connectivity index (χ3v) is 20.7. The molecule has 1 aliphatic carbocycles. The average Bonchev–Trinajstić information content (AvgIpc) is 1.40. The smallest absolute Gasteiger partial charge is 0.416 e. The number of nitrogens with one attached hydrogen (secondary N) is 1. The Kier molecular flexibility index (Phi) is 27.6. The predicted octanol–water partition coefficient (Wildman–Crippen LogP) is 1.74. The second kappa shape index (κ2) is 37.6. The number of rotatable bonds is 35. The van der Waals surface area contributed by atoms with Crippen molar-refractivity contribution in [1.29, 1.82) is 0 Å². The normalized spacial score (nSPS) is 25.2. The lowest BCUT2D eigenvalue weighted by atomic mass is 9.93. The Hall–Kier alpha value is -9.81. The van der Waals surface area contributed by atoms with Gasteiger partial charge in [-0.1, -0.05) is 42.5 Å². The molecule has 14 atom stereocenters. The maximum Gasteiger partial charge on any atom is 0.416 e. The first-order valence-corrected chi connectivity index (χ1v) is 37.3. The summed E-state index contributed by atoms with van der Waals surface area (Å²) in [6, 6.07) is 21.2. The highest BCUT2D eigenvalue weighted by Gasteiger charge is 2.58. The van der Waals surface area contributed by atoms with Crippen molar-refractivity contribution < 1.29 is 151 Å². The number of anilines is 3. The lowest BCUT2D eigenvalue weighted by Gasteiger charge is -2.39. The highest BCUT2D eigenvalue weighted by Crippen LogP contribution is 2.57. The number of nitrogens with two attached hydrogens (primary N) is 1. The molecule has 0 unspecified atom stereocenters. The van der Waals surface area contributed by atoms with Gasteiger partial charge in [-0.3, -0.25) is 14.4 Å². The van der Waals surface area contributed by atoms with Crippen LogP contribution < -0.4 is 49.3 Å². The van der Waals surface area contributed by atoms with Gasteiger partial charge in [0.1, 0.15) is 61.3 Å². The van der Waals surface area contributed by atoms with Crippen LogP contribution in [0.4, 0.5) is 26.7 Å². The van der Waals surface area contributed by atoms with Crippen LogP contribution in [0.25, 0.3) is 0 Å². The fraction of sp³-hybridized carbons (Fsp3) is 0.519. The van der Waals surface area contributed by atoms with Gasteiger partial charge in [0.25, 0.3) is 11.8 Å². The fourth-order valence-electron chi connectivity index (χ4n) is 14.4. The number of aliphatic carboxylic acids is 2. The highest BCUT2D eigenvalue weighted by molar-refractivity contribution is 6.07. The Morgan fingerprint density at radius 2 is 1.03 bits per heavy atom. The van der Waals surface area contributed by atoms with Crippen LogP contribution in [0.15, 0.2) is 91.0 Å². The monoisotopic (exact) mass is 1600 g/mol. The Labute approximate surface area is 652 Å². The van der Waals surface area contributed by atoms with Crippen molar-refractivity contribution in [1.82, 2.24) is 9.80 Å². The van der Waals surface area contributed by atoms with Gasteiger partial charge in [0, 0.05) is 31.8 Å². The minimum Gasteiger partial charge on any atom is -0.493 e. The van der Waals surface area contributed by atoms with E-state index in [0.717, 1.165) is 33.8 Å². The van der Waals surface area contributed by atoms with Crippen LogP contribution in [0.1, 0.15) is 87.9 Å². The molecule has 37 nitrogen and oxygen atoms in total. The number of amides is 5. The van der Waals surface area contributed by atoms with E-state index in [2.05, 4.69) is 5.32 Å². The summed E-state index contributed by atoms with van der Waals surface area (Å²) in [6.07, 6.45) is -21.4. The van der Waals surface area contributed by atoms with Gasteiger partial charge < -0.3 is 138 Å². The average molecular weight is 1600 g/mol. The number of carboxylic acid groups (broad SMARTS) is 2. The number of benzene rings is 5. The molecule has 13 N–H and O–H groups in total. The number of carbonyl (C=O) groups is 7. The first-order chi connectivity index (χ1) is 54.9. The molecule has 114 heavy (non-hydrogen) atoms.